The Morgan fingerprint density at radius 1 is 1.48 bits per heavy atom. The van der Waals surface area contributed by atoms with Gasteiger partial charge < -0.3 is 5.32 Å². The van der Waals surface area contributed by atoms with Crippen molar-refractivity contribution in [3.8, 4) is 0 Å². The summed E-state index contributed by atoms with van der Waals surface area (Å²) in [7, 11) is -3.13. The highest BCUT2D eigenvalue weighted by Crippen LogP contribution is 2.17. The van der Waals surface area contributed by atoms with Crippen LogP contribution in [0, 0.1) is 0 Å². The SMILES string of the molecule is CCS(=O)(=O)N1CCC(NC(=O)c2cccnc2Br)CC1. The number of sulfonamides is 1. The molecule has 0 aliphatic carbocycles. The number of amides is 1. The molecule has 1 aliphatic heterocycles. The molecule has 1 saturated heterocycles. The molecule has 0 radical (unpaired) electrons. The zero-order valence-corrected chi connectivity index (χ0v) is 14.2. The molecule has 6 nitrogen and oxygen atoms in total. The number of halogens is 1. The van der Waals surface area contributed by atoms with E-state index >= 15 is 0 Å². The summed E-state index contributed by atoms with van der Waals surface area (Å²) in [5, 5.41) is 2.94. The number of nitrogens with zero attached hydrogens (tertiary/aromatic N) is 2. The van der Waals surface area contributed by atoms with Crippen molar-refractivity contribution in [2.45, 2.75) is 25.8 Å². The second-order valence-corrected chi connectivity index (χ2v) is 7.90. The molecule has 1 aromatic rings. The summed E-state index contributed by atoms with van der Waals surface area (Å²) >= 11 is 3.25. The number of hydrogen-bond acceptors (Lipinski definition) is 4. The molecule has 0 bridgehead atoms. The van der Waals surface area contributed by atoms with Crippen LogP contribution >= 0.6 is 15.9 Å². The molecule has 1 aromatic heterocycles. The van der Waals surface area contributed by atoms with E-state index < -0.39 is 10.0 Å². The Hall–Kier alpha value is -0.990. The average molecular weight is 376 g/mol. The first-order valence-electron chi connectivity index (χ1n) is 6.83. The van der Waals surface area contributed by atoms with Crippen molar-refractivity contribution in [2.24, 2.45) is 0 Å². The molecule has 2 rings (SSSR count). The number of rotatable bonds is 4. The summed E-state index contributed by atoms with van der Waals surface area (Å²) in [6.45, 7) is 2.55. The molecule has 0 aromatic carbocycles. The number of pyridine rings is 1. The lowest BCUT2D eigenvalue weighted by Gasteiger charge is -2.31. The van der Waals surface area contributed by atoms with Crippen LogP contribution < -0.4 is 5.32 Å². The molecule has 1 aliphatic rings. The van der Waals surface area contributed by atoms with Gasteiger partial charge in [0.1, 0.15) is 4.60 Å². The number of nitrogens with one attached hydrogen (secondary N) is 1. The first kappa shape index (κ1) is 16.4. The molecule has 1 amide bonds. The summed E-state index contributed by atoms with van der Waals surface area (Å²) in [4.78, 5) is 16.2. The first-order chi connectivity index (χ1) is 9.94. The minimum absolute atomic E-state index is 0.00656. The van der Waals surface area contributed by atoms with Crippen LogP contribution in [0.25, 0.3) is 0 Å². The van der Waals surface area contributed by atoms with E-state index in [1.807, 2.05) is 0 Å². The van der Waals surface area contributed by atoms with Crippen LogP contribution in [0.4, 0.5) is 0 Å². The van der Waals surface area contributed by atoms with Gasteiger partial charge in [-0.15, -0.1) is 0 Å². The fraction of sp³-hybridized carbons (Fsp3) is 0.538. The smallest absolute Gasteiger partial charge is 0.254 e. The lowest BCUT2D eigenvalue weighted by molar-refractivity contribution is 0.0922. The van der Waals surface area contributed by atoms with Crippen molar-refractivity contribution in [2.75, 3.05) is 18.8 Å². The molecular formula is C13H18BrN3O3S. The van der Waals surface area contributed by atoms with E-state index in [4.69, 9.17) is 0 Å². The topological polar surface area (TPSA) is 79.4 Å². The minimum atomic E-state index is -3.13. The maximum atomic E-state index is 12.2. The van der Waals surface area contributed by atoms with Gasteiger partial charge in [0.2, 0.25) is 10.0 Å². The van der Waals surface area contributed by atoms with Crippen LogP contribution in [-0.4, -0.2) is 48.5 Å². The Kier molecular flexibility index (Phi) is 5.34. The Morgan fingerprint density at radius 3 is 2.71 bits per heavy atom. The van der Waals surface area contributed by atoms with E-state index in [1.165, 1.54) is 4.31 Å². The van der Waals surface area contributed by atoms with Gasteiger partial charge in [-0.1, -0.05) is 0 Å². The van der Waals surface area contributed by atoms with E-state index in [-0.39, 0.29) is 17.7 Å². The van der Waals surface area contributed by atoms with E-state index in [1.54, 1.807) is 25.3 Å². The second-order valence-electron chi connectivity index (χ2n) is 4.89. The first-order valence-corrected chi connectivity index (χ1v) is 9.23. The fourth-order valence-electron chi connectivity index (χ4n) is 2.28. The molecule has 8 heteroatoms. The summed E-state index contributed by atoms with van der Waals surface area (Å²) in [6.07, 6.45) is 2.86. The maximum absolute atomic E-state index is 12.2. The van der Waals surface area contributed by atoms with Crippen LogP contribution in [0.2, 0.25) is 0 Å². The van der Waals surface area contributed by atoms with Gasteiger partial charge in [0.05, 0.1) is 11.3 Å². The van der Waals surface area contributed by atoms with Gasteiger partial charge in [0.15, 0.2) is 0 Å². The Labute approximate surface area is 133 Å². The third-order valence-electron chi connectivity index (χ3n) is 3.55. The van der Waals surface area contributed by atoms with Crippen molar-refractivity contribution in [3.05, 3.63) is 28.5 Å². The third kappa shape index (κ3) is 4.02. The molecular weight excluding hydrogens is 358 g/mol. The summed E-state index contributed by atoms with van der Waals surface area (Å²) in [6, 6.07) is 3.40. The van der Waals surface area contributed by atoms with Crippen molar-refractivity contribution < 1.29 is 13.2 Å². The Bertz CT molecular complexity index is 613. The highest BCUT2D eigenvalue weighted by atomic mass is 79.9. The van der Waals surface area contributed by atoms with E-state index in [9.17, 15) is 13.2 Å². The highest BCUT2D eigenvalue weighted by molar-refractivity contribution is 9.10. The predicted octanol–water partition coefficient (Wildman–Crippen LogP) is 1.39. The number of carbonyl (C=O) groups excluding carboxylic acids is 1. The lowest BCUT2D eigenvalue weighted by atomic mass is 10.1. The van der Waals surface area contributed by atoms with Crippen LogP contribution in [0.1, 0.15) is 30.1 Å². The lowest BCUT2D eigenvalue weighted by Crippen LogP contribution is -2.46. The average Bonchev–Trinajstić information content (AvgIpc) is 2.48. The fourth-order valence-corrected chi connectivity index (χ4v) is 3.84. The number of aromatic nitrogens is 1. The molecule has 0 atom stereocenters. The molecule has 1 fully saturated rings. The van der Waals surface area contributed by atoms with E-state index in [2.05, 4.69) is 26.2 Å². The molecule has 21 heavy (non-hydrogen) atoms. The van der Waals surface area contributed by atoms with Gasteiger partial charge >= 0.3 is 0 Å². The van der Waals surface area contributed by atoms with Gasteiger partial charge in [-0.3, -0.25) is 4.79 Å². The molecule has 1 N–H and O–H groups in total. The van der Waals surface area contributed by atoms with Crippen molar-refractivity contribution in [1.29, 1.82) is 0 Å². The minimum Gasteiger partial charge on any atom is -0.349 e. The molecule has 0 unspecified atom stereocenters. The van der Waals surface area contributed by atoms with Gasteiger partial charge in [-0.05, 0) is 47.8 Å². The number of carbonyl (C=O) groups is 1. The van der Waals surface area contributed by atoms with Gasteiger partial charge in [0.25, 0.3) is 5.91 Å². The molecule has 0 spiro atoms. The Morgan fingerprint density at radius 2 is 2.14 bits per heavy atom. The maximum Gasteiger partial charge on any atom is 0.254 e. The van der Waals surface area contributed by atoms with Gasteiger partial charge in [-0.25, -0.2) is 17.7 Å². The molecule has 2 heterocycles. The largest absolute Gasteiger partial charge is 0.349 e. The molecule has 116 valence electrons. The summed E-state index contributed by atoms with van der Waals surface area (Å²) in [5.41, 5.74) is 0.487. The Balaban J connectivity index is 1.92. The van der Waals surface area contributed by atoms with Crippen LogP contribution in [0.3, 0.4) is 0 Å². The van der Waals surface area contributed by atoms with Crippen LogP contribution in [0.5, 0.6) is 0 Å². The second kappa shape index (κ2) is 6.85. The van der Waals surface area contributed by atoms with Gasteiger partial charge in [0, 0.05) is 25.3 Å². The van der Waals surface area contributed by atoms with E-state index in [0.717, 1.165) is 0 Å². The number of hydrogen-bond donors (Lipinski definition) is 1. The number of piperidine rings is 1. The standard InChI is InChI=1S/C13H18BrN3O3S/c1-2-21(19,20)17-8-5-10(6-9-17)16-13(18)11-4-3-7-15-12(11)14/h3-4,7,10H,2,5-6,8-9H2,1H3,(H,16,18). The zero-order valence-electron chi connectivity index (χ0n) is 11.8. The van der Waals surface area contributed by atoms with Crippen molar-refractivity contribution in [1.82, 2.24) is 14.6 Å². The van der Waals surface area contributed by atoms with Crippen molar-refractivity contribution in [3.63, 3.8) is 0 Å². The van der Waals surface area contributed by atoms with E-state index in [0.29, 0.717) is 36.1 Å². The third-order valence-corrected chi connectivity index (χ3v) is 6.06. The normalized spacial score (nSPS) is 17.6. The molecule has 0 saturated carbocycles. The van der Waals surface area contributed by atoms with Crippen molar-refractivity contribution >= 4 is 31.9 Å². The van der Waals surface area contributed by atoms with Crippen LogP contribution in [-0.2, 0) is 10.0 Å². The quantitative estimate of drug-likeness (QED) is 0.806. The van der Waals surface area contributed by atoms with Crippen LogP contribution in [0.15, 0.2) is 22.9 Å². The predicted molar refractivity (Wildman–Crippen MR) is 83.5 cm³/mol. The summed E-state index contributed by atoms with van der Waals surface area (Å²) in [5.74, 6) is -0.0705. The highest BCUT2D eigenvalue weighted by Gasteiger charge is 2.27. The van der Waals surface area contributed by atoms with Gasteiger partial charge in [-0.2, -0.15) is 0 Å². The zero-order chi connectivity index (χ0) is 15.5. The monoisotopic (exact) mass is 375 g/mol. The summed E-state index contributed by atoms with van der Waals surface area (Å²) < 4.78 is 25.6.